The number of aryl methyl sites for hydroxylation is 2. The Labute approximate surface area is 162 Å². The van der Waals surface area contributed by atoms with Gasteiger partial charge < -0.3 is 0 Å². The highest BCUT2D eigenvalue weighted by atomic mass is 16.1. The molecule has 4 aromatic carbocycles. The van der Waals surface area contributed by atoms with Crippen LogP contribution in [0.3, 0.4) is 0 Å². The predicted octanol–water partition coefficient (Wildman–Crippen LogP) is 5.92. The molecule has 4 aromatic rings. The summed E-state index contributed by atoms with van der Waals surface area (Å²) in [6.45, 7) is 0. The van der Waals surface area contributed by atoms with Crippen LogP contribution in [-0.4, -0.2) is 11.6 Å². The lowest BCUT2D eigenvalue weighted by molar-refractivity contribution is 0.0974. The van der Waals surface area contributed by atoms with Crippen LogP contribution in [-0.2, 0) is 12.8 Å². The molecular formula is C26H18O2. The number of carbonyl (C=O) groups excluding carboxylic acids is 2. The third-order valence-electron chi connectivity index (χ3n) is 6.39. The average Bonchev–Trinajstić information content (AvgIpc) is 2.74. The molecule has 2 heteroatoms. The molecule has 0 N–H and O–H groups in total. The lowest BCUT2D eigenvalue weighted by atomic mass is 9.82. The number of benzene rings is 4. The monoisotopic (exact) mass is 362 g/mol. The molecule has 0 saturated carbocycles. The third-order valence-corrected chi connectivity index (χ3v) is 6.39. The molecule has 2 aliphatic carbocycles. The largest absolute Gasteiger partial charge is 0.294 e. The van der Waals surface area contributed by atoms with Crippen molar-refractivity contribution in [3.8, 4) is 11.1 Å². The van der Waals surface area contributed by atoms with Crippen molar-refractivity contribution in [1.82, 2.24) is 0 Å². The first kappa shape index (κ1) is 15.8. The van der Waals surface area contributed by atoms with E-state index in [1.54, 1.807) is 0 Å². The fourth-order valence-electron chi connectivity index (χ4n) is 5.08. The lowest BCUT2D eigenvalue weighted by Gasteiger charge is -2.21. The van der Waals surface area contributed by atoms with E-state index < -0.39 is 0 Å². The molecule has 2 aliphatic rings. The van der Waals surface area contributed by atoms with E-state index in [-0.39, 0.29) is 11.6 Å². The van der Waals surface area contributed by atoms with Crippen LogP contribution in [0.4, 0.5) is 0 Å². The lowest BCUT2D eigenvalue weighted by Crippen LogP contribution is -2.10. The molecular weight excluding hydrogens is 344 g/mol. The Balaban J connectivity index is 1.72. The summed E-state index contributed by atoms with van der Waals surface area (Å²) in [6.07, 6.45) is 2.80. The molecule has 0 aromatic heterocycles. The minimum absolute atomic E-state index is 0.234. The standard InChI is InChI=1S/C26H18O2/c27-23-13-9-15-7-11-17(19-3-1-5-21(23)25(15)19)18-12-8-16-10-14-24(28)22-6-2-4-20(18)26(16)22/h1-8,11-12H,9-10,13-14H2. The van der Waals surface area contributed by atoms with Crippen LogP contribution < -0.4 is 0 Å². The number of Topliss-reactive ketones (excluding diaryl/α,β-unsaturated/α-hetero) is 2. The van der Waals surface area contributed by atoms with Crippen LogP contribution >= 0.6 is 0 Å². The fourth-order valence-corrected chi connectivity index (χ4v) is 5.08. The van der Waals surface area contributed by atoms with Crippen molar-refractivity contribution >= 4 is 33.1 Å². The second-order valence-corrected chi connectivity index (χ2v) is 7.85. The molecule has 6 rings (SSSR count). The Morgan fingerprint density at radius 1 is 0.464 bits per heavy atom. The van der Waals surface area contributed by atoms with E-state index >= 15 is 0 Å². The van der Waals surface area contributed by atoms with Crippen LogP contribution in [0.15, 0.2) is 60.7 Å². The molecule has 2 nitrogen and oxygen atoms in total. The molecule has 0 fully saturated rings. The van der Waals surface area contributed by atoms with Crippen molar-refractivity contribution in [3.63, 3.8) is 0 Å². The molecule has 0 aliphatic heterocycles. The van der Waals surface area contributed by atoms with Gasteiger partial charge in [0, 0.05) is 24.0 Å². The van der Waals surface area contributed by atoms with E-state index in [2.05, 4.69) is 36.4 Å². The fraction of sp³-hybridized carbons (Fsp3) is 0.154. The van der Waals surface area contributed by atoms with Crippen molar-refractivity contribution in [1.29, 1.82) is 0 Å². The summed E-state index contributed by atoms with van der Waals surface area (Å²) < 4.78 is 0. The van der Waals surface area contributed by atoms with Crippen molar-refractivity contribution in [2.45, 2.75) is 25.7 Å². The summed E-state index contributed by atoms with van der Waals surface area (Å²) in [4.78, 5) is 24.9. The van der Waals surface area contributed by atoms with Gasteiger partial charge in [0.05, 0.1) is 0 Å². The Kier molecular flexibility index (Phi) is 3.16. The van der Waals surface area contributed by atoms with Crippen LogP contribution in [0.25, 0.3) is 32.7 Å². The first-order valence-electron chi connectivity index (χ1n) is 9.88. The number of ketones is 2. The third kappa shape index (κ3) is 2.03. The number of carbonyl (C=O) groups is 2. The van der Waals surface area contributed by atoms with Gasteiger partial charge in [-0.15, -0.1) is 0 Å². The van der Waals surface area contributed by atoms with Gasteiger partial charge >= 0.3 is 0 Å². The molecule has 0 saturated heterocycles. The zero-order valence-electron chi connectivity index (χ0n) is 15.4. The van der Waals surface area contributed by atoms with E-state index in [4.69, 9.17) is 0 Å². The molecule has 0 radical (unpaired) electrons. The zero-order chi connectivity index (χ0) is 18.8. The first-order chi connectivity index (χ1) is 13.7. The van der Waals surface area contributed by atoms with E-state index in [1.807, 2.05) is 24.3 Å². The minimum Gasteiger partial charge on any atom is -0.294 e. The van der Waals surface area contributed by atoms with E-state index in [9.17, 15) is 9.59 Å². The van der Waals surface area contributed by atoms with Gasteiger partial charge in [-0.1, -0.05) is 60.7 Å². The quantitative estimate of drug-likeness (QED) is 0.421. The zero-order valence-corrected chi connectivity index (χ0v) is 15.4. The maximum absolute atomic E-state index is 12.5. The van der Waals surface area contributed by atoms with Crippen LogP contribution in [0.5, 0.6) is 0 Å². The van der Waals surface area contributed by atoms with E-state index in [1.165, 1.54) is 11.1 Å². The summed E-state index contributed by atoms with van der Waals surface area (Å²) in [5.41, 5.74) is 6.48. The van der Waals surface area contributed by atoms with Gasteiger partial charge in [-0.25, -0.2) is 0 Å². The SMILES string of the molecule is O=C1CCc2ccc(-c3ccc4c5c(cccc35)C(=O)CC4)c3cccc1c23. The molecule has 0 spiro atoms. The number of hydrogen-bond acceptors (Lipinski definition) is 2. The highest BCUT2D eigenvalue weighted by molar-refractivity contribution is 6.18. The normalized spacial score (nSPS) is 15.4. The summed E-state index contributed by atoms with van der Waals surface area (Å²) in [5.74, 6) is 0.468. The van der Waals surface area contributed by atoms with Crippen molar-refractivity contribution in [3.05, 3.63) is 82.9 Å². The molecule has 0 amide bonds. The van der Waals surface area contributed by atoms with Gasteiger partial charge in [0.1, 0.15) is 0 Å². The Morgan fingerprint density at radius 3 is 1.39 bits per heavy atom. The van der Waals surface area contributed by atoms with Crippen molar-refractivity contribution < 1.29 is 9.59 Å². The molecule has 0 unspecified atom stereocenters. The predicted molar refractivity (Wildman–Crippen MR) is 112 cm³/mol. The van der Waals surface area contributed by atoms with Gasteiger partial charge in [0.25, 0.3) is 0 Å². The van der Waals surface area contributed by atoms with Gasteiger partial charge in [0.2, 0.25) is 0 Å². The van der Waals surface area contributed by atoms with Crippen LogP contribution in [0, 0.1) is 0 Å². The second kappa shape index (κ2) is 5.62. The van der Waals surface area contributed by atoms with Crippen LogP contribution in [0.2, 0.25) is 0 Å². The second-order valence-electron chi connectivity index (χ2n) is 7.85. The molecule has 0 atom stereocenters. The maximum Gasteiger partial charge on any atom is 0.163 e. The number of hydrogen-bond donors (Lipinski definition) is 0. The number of rotatable bonds is 1. The summed E-state index contributed by atoms with van der Waals surface area (Å²) >= 11 is 0. The van der Waals surface area contributed by atoms with Crippen LogP contribution in [0.1, 0.15) is 44.7 Å². The van der Waals surface area contributed by atoms with Gasteiger partial charge in [-0.05, 0) is 56.6 Å². The highest BCUT2D eigenvalue weighted by Crippen LogP contribution is 2.41. The Bertz CT molecular complexity index is 1240. The average molecular weight is 362 g/mol. The highest BCUT2D eigenvalue weighted by Gasteiger charge is 2.23. The van der Waals surface area contributed by atoms with Crippen molar-refractivity contribution in [2.24, 2.45) is 0 Å². The van der Waals surface area contributed by atoms with Gasteiger partial charge in [-0.3, -0.25) is 9.59 Å². The van der Waals surface area contributed by atoms with E-state index in [0.29, 0.717) is 12.8 Å². The van der Waals surface area contributed by atoms with E-state index in [0.717, 1.165) is 56.6 Å². The van der Waals surface area contributed by atoms with Gasteiger partial charge in [-0.2, -0.15) is 0 Å². The summed E-state index contributed by atoms with van der Waals surface area (Å²) in [5, 5.41) is 4.47. The maximum atomic E-state index is 12.5. The molecule has 28 heavy (non-hydrogen) atoms. The summed E-state index contributed by atoms with van der Waals surface area (Å²) in [6, 6.07) is 20.8. The Hall–Kier alpha value is -3.26. The minimum atomic E-state index is 0.234. The first-order valence-corrected chi connectivity index (χ1v) is 9.88. The summed E-state index contributed by atoms with van der Waals surface area (Å²) in [7, 11) is 0. The van der Waals surface area contributed by atoms with Gasteiger partial charge in [0.15, 0.2) is 11.6 Å². The molecule has 134 valence electrons. The molecule has 0 bridgehead atoms. The topological polar surface area (TPSA) is 34.1 Å². The smallest absolute Gasteiger partial charge is 0.163 e. The Morgan fingerprint density at radius 2 is 0.929 bits per heavy atom. The molecule has 0 heterocycles. The van der Waals surface area contributed by atoms with Crippen molar-refractivity contribution in [2.75, 3.05) is 0 Å².